The topological polar surface area (TPSA) is 95.2 Å². The number of rotatable bonds is 2. The van der Waals surface area contributed by atoms with Gasteiger partial charge in [0.15, 0.2) is 0 Å². The number of nitro groups is 1. The van der Waals surface area contributed by atoms with Crippen LogP contribution >= 0.6 is 0 Å². The van der Waals surface area contributed by atoms with Crippen molar-refractivity contribution in [2.75, 3.05) is 0 Å². The van der Waals surface area contributed by atoms with Crippen molar-refractivity contribution in [1.29, 1.82) is 0 Å². The highest BCUT2D eigenvalue weighted by atomic mass is 16.6. The van der Waals surface area contributed by atoms with Gasteiger partial charge in [0.1, 0.15) is 5.70 Å². The zero-order valence-electron chi connectivity index (χ0n) is 7.49. The molecule has 1 unspecified atom stereocenters. The van der Waals surface area contributed by atoms with Crippen LogP contribution in [0.1, 0.15) is 19.8 Å². The van der Waals surface area contributed by atoms with E-state index in [0.29, 0.717) is 6.42 Å². The molecule has 0 heterocycles. The molecular formula is C8H13N3O2. The molecule has 5 nitrogen and oxygen atoms in total. The van der Waals surface area contributed by atoms with Gasteiger partial charge in [0.25, 0.3) is 5.70 Å². The minimum Gasteiger partial charge on any atom is -0.393 e. The van der Waals surface area contributed by atoms with Gasteiger partial charge in [-0.15, -0.1) is 0 Å². The van der Waals surface area contributed by atoms with E-state index in [4.69, 9.17) is 11.5 Å². The molecule has 0 amide bonds. The Bertz CT molecular complexity index is 296. The van der Waals surface area contributed by atoms with Gasteiger partial charge in [-0.25, -0.2) is 0 Å². The van der Waals surface area contributed by atoms with E-state index in [0.717, 1.165) is 0 Å². The quantitative estimate of drug-likeness (QED) is 0.481. The summed E-state index contributed by atoms with van der Waals surface area (Å²) in [5, 5.41) is 10.5. The zero-order valence-corrected chi connectivity index (χ0v) is 7.49. The second-order valence-corrected chi connectivity index (χ2v) is 3.26. The lowest BCUT2D eigenvalue weighted by atomic mass is 9.87. The van der Waals surface area contributed by atoms with Crippen LogP contribution in [0.15, 0.2) is 23.5 Å². The van der Waals surface area contributed by atoms with Crippen LogP contribution in [-0.4, -0.2) is 10.5 Å². The normalized spacial score (nSPS) is 27.8. The summed E-state index contributed by atoms with van der Waals surface area (Å²) in [5.41, 5.74) is 10.9. The Morgan fingerprint density at radius 1 is 1.77 bits per heavy atom. The van der Waals surface area contributed by atoms with Crippen LogP contribution in [0, 0.1) is 10.1 Å². The molecule has 0 bridgehead atoms. The second-order valence-electron chi connectivity index (χ2n) is 3.26. The molecule has 13 heavy (non-hydrogen) atoms. The third-order valence-electron chi connectivity index (χ3n) is 2.30. The fraction of sp³-hybridized carbons (Fsp3) is 0.500. The Morgan fingerprint density at radius 2 is 2.38 bits per heavy atom. The van der Waals surface area contributed by atoms with Gasteiger partial charge < -0.3 is 11.5 Å². The summed E-state index contributed by atoms with van der Waals surface area (Å²) < 4.78 is 0. The number of allylic oxidation sites excluding steroid dienone is 1. The van der Waals surface area contributed by atoms with Crippen LogP contribution in [0.5, 0.6) is 0 Å². The van der Waals surface area contributed by atoms with Gasteiger partial charge in [0.2, 0.25) is 0 Å². The molecule has 1 aliphatic rings. The SMILES string of the molecule is CCC1(N)C=CC(N)=C([N+](=O)[O-])C1. The molecule has 72 valence electrons. The molecule has 1 atom stereocenters. The van der Waals surface area contributed by atoms with Crippen LogP contribution in [0.2, 0.25) is 0 Å². The lowest BCUT2D eigenvalue weighted by molar-refractivity contribution is -0.430. The molecule has 0 aliphatic heterocycles. The number of hydrogen-bond donors (Lipinski definition) is 2. The van der Waals surface area contributed by atoms with Crippen LogP contribution in [0.25, 0.3) is 0 Å². The monoisotopic (exact) mass is 183 g/mol. The van der Waals surface area contributed by atoms with Crippen molar-refractivity contribution in [2.45, 2.75) is 25.3 Å². The Morgan fingerprint density at radius 3 is 2.85 bits per heavy atom. The largest absolute Gasteiger partial charge is 0.393 e. The maximum Gasteiger partial charge on any atom is 0.271 e. The van der Waals surface area contributed by atoms with Gasteiger partial charge in [-0.05, 0) is 12.5 Å². The zero-order chi connectivity index (χ0) is 10.1. The van der Waals surface area contributed by atoms with Crippen molar-refractivity contribution >= 4 is 0 Å². The molecule has 4 N–H and O–H groups in total. The van der Waals surface area contributed by atoms with Gasteiger partial charge in [-0.2, -0.15) is 0 Å². The fourth-order valence-electron chi connectivity index (χ4n) is 1.24. The first-order valence-electron chi connectivity index (χ1n) is 4.09. The van der Waals surface area contributed by atoms with Crippen LogP contribution in [-0.2, 0) is 0 Å². The molecule has 1 rings (SSSR count). The highest BCUT2D eigenvalue weighted by Gasteiger charge is 2.31. The first-order valence-corrected chi connectivity index (χ1v) is 4.09. The first-order chi connectivity index (χ1) is 5.98. The summed E-state index contributed by atoms with van der Waals surface area (Å²) in [6.07, 6.45) is 4.12. The van der Waals surface area contributed by atoms with Gasteiger partial charge >= 0.3 is 0 Å². The van der Waals surface area contributed by atoms with Gasteiger partial charge in [0.05, 0.1) is 11.3 Å². The van der Waals surface area contributed by atoms with Crippen molar-refractivity contribution in [1.82, 2.24) is 0 Å². The first kappa shape index (κ1) is 9.73. The Labute approximate surface area is 76.2 Å². The molecular weight excluding hydrogens is 170 g/mol. The maximum atomic E-state index is 10.5. The third kappa shape index (κ3) is 1.86. The standard InChI is InChI=1S/C8H13N3O2/c1-2-8(10)4-3-6(9)7(5-8)11(12)13/h3-4H,2,5,9-10H2,1H3. The molecule has 5 heteroatoms. The van der Waals surface area contributed by atoms with Crippen molar-refractivity contribution in [3.05, 3.63) is 33.7 Å². The number of nitrogens with zero attached hydrogens (tertiary/aromatic N) is 1. The van der Waals surface area contributed by atoms with Gasteiger partial charge in [-0.3, -0.25) is 10.1 Å². The molecule has 1 aliphatic carbocycles. The van der Waals surface area contributed by atoms with E-state index in [1.807, 2.05) is 6.92 Å². The van der Waals surface area contributed by atoms with Crippen molar-refractivity contribution in [3.63, 3.8) is 0 Å². The maximum absolute atomic E-state index is 10.5. The lowest BCUT2D eigenvalue weighted by Gasteiger charge is -2.25. The highest BCUT2D eigenvalue weighted by molar-refractivity contribution is 5.29. The van der Waals surface area contributed by atoms with E-state index in [9.17, 15) is 10.1 Å². The van der Waals surface area contributed by atoms with E-state index in [2.05, 4.69) is 0 Å². The summed E-state index contributed by atoms with van der Waals surface area (Å²) >= 11 is 0. The molecule has 0 radical (unpaired) electrons. The van der Waals surface area contributed by atoms with Gasteiger partial charge in [-0.1, -0.05) is 13.0 Å². The minimum absolute atomic E-state index is 0.0202. The summed E-state index contributed by atoms with van der Waals surface area (Å²) in [5.74, 6) is 0. The number of nitrogens with two attached hydrogens (primary N) is 2. The average molecular weight is 183 g/mol. The molecule has 0 saturated carbocycles. The Hall–Kier alpha value is -1.36. The molecule has 0 aromatic heterocycles. The molecule has 0 aromatic rings. The van der Waals surface area contributed by atoms with Crippen molar-refractivity contribution in [3.8, 4) is 0 Å². The van der Waals surface area contributed by atoms with Crippen molar-refractivity contribution < 1.29 is 4.92 Å². The van der Waals surface area contributed by atoms with Crippen LogP contribution < -0.4 is 11.5 Å². The average Bonchev–Trinajstić information content (AvgIpc) is 2.09. The van der Waals surface area contributed by atoms with Gasteiger partial charge in [0, 0.05) is 5.54 Å². The highest BCUT2D eigenvalue weighted by Crippen LogP contribution is 2.25. The molecule has 0 spiro atoms. The predicted molar refractivity (Wildman–Crippen MR) is 49.2 cm³/mol. The summed E-state index contributed by atoms with van der Waals surface area (Å²) in [4.78, 5) is 10.1. The second kappa shape index (κ2) is 3.18. The minimum atomic E-state index is -0.606. The Kier molecular flexibility index (Phi) is 2.38. The Balaban J connectivity index is 2.96. The van der Waals surface area contributed by atoms with E-state index >= 15 is 0 Å². The van der Waals surface area contributed by atoms with E-state index in [1.54, 1.807) is 6.08 Å². The van der Waals surface area contributed by atoms with E-state index in [1.165, 1.54) is 6.08 Å². The summed E-state index contributed by atoms with van der Waals surface area (Å²) in [7, 11) is 0. The number of hydrogen-bond acceptors (Lipinski definition) is 4. The molecule has 0 fully saturated rings. The van der Waals surface area contributed by atoms with E-state index in [-0.39, 0.29) is 17.8 Å². The summed E-state index contributed by atoms with van der Waals surface area (Å²) in [6.45, 7) is 1.89. The van der Waals surface area contributed by atoms with Crippen LogP contribution in [0.4, 0.5) is 0 Å². The fourth-order valence-corrected chi connectivity index (χ4v) is 1.24. The predicted octanol–water partition coefficient (Wildman–Crippen LogP) is 0.501. The molecule has 0 aromatic carbocycles. The van der Waals surface area contributed by atoms with Crippen LogP contribution in [0.3, 0.4) is 0 Å². The molecule has 0 saturated heterocycles. The lowest BCUT2D eigenvalue weighted by Crippen LogP contribution is -2.40. The van der Waals surface area contributed by atoms with E-state index < -0.39 is 10.5 Å². The third-order valence-corrected chi connectivity index (χ3v) is 2.30. The van der Waals surface area contributed by atoms with Crippen molar-refractivity contribution in [2.24, 2.45) is 11.5 Å². The summed E-state index contributed by atoms with van der Waals surface area (Å²) in [6, 6.07) is 0. The smallest absolute Gasteiger partial charge is 0.271 e.